The van der Waals surface area contributed by atoms with Gasteiger partial charge in [0.25, 0.3) is 5.91 Å². The standard InChI is InChI=1S/C22H20ClFN4O2/c23-18-13-16(24)5-6-19(18)26-21(29)15-7-11-27(12-8-15)22(30)20-4-2-10-28(20)17-3-1-9-25-14-17/h1-6,9-10,13-15H,7-8,11-12H2,(H,26,29). The molecule has 0 bridgehead atoms. The maximum Gasteiger partial charge on any atom is 0.270 e. The molecule has 0 unspecified atom stereocenters. The van der Waals surface area contributed by atoms with Crippen LogP contribution in [0.15, 0.2) is 61.1 Å². The van der Waals surface area contributed by atoms with Crippen LogP contribution in [0.1, 0.15) is 23.3 Å². The number of piperidine rings is 1. The summed E-state index contributed by atoms with van der Waals surface area (Å²) in [5.74, 6) is -0.945. The zero-order valence-corrected chi connectivity index (χ0v) is 16.8. The molecule has 0 atom stereocenters. The lowest BCUT2D eigenvalue weighted by molar-refractivity contribution is -0.121. The number of nitrogens with one attached hydrogen (secondary N) is 1. The SMILES string of the molecule is O=C(Nc1ccc(F)cc1Cl)C1CCN(C(=O)c2cccn2-c2cccnc2)CC1. The molecule has 154 valence electrons. The van der Waals surface area contributed by atoms with Gasteiger partial charge in [-0.25, -0.2) is 4.39 Å². The Balaban J connectivity index is 1.38. The molecule has 4 rings (SSSR count). The van der Waals surface area contributed by atoms with Gasteiger partial charge in [-0.2, -0.15) is 0 Å². The molecular weight excluding hydrogens is 407 g/mol. The first-order valence-electron chi connectivity index (χ1n) is 9.66. The number of hydrogen-bond acceptors (Lipinski definition) is 3. The second-order valence-corrected chi connectivity index (χ2v) is 7.56. The second-order valence-electron chi connectivity index (χ2n) is 7.15. The molecule has 6 nitrogen and oxygen atoms in total. The van der Waals surface area contributed by atoms with Crippen molar-refractivity contribution in [2.24, 2.45) is 5.92 Å². The summed E-state index contributed by atoms with van der Waals surface area (Å²) < 4.78 is 15.0. The highest BCUT2D eigenvalue weighted by Gasteiger charge is 2.29. The average Bonchev–Trinajstić information content (AvgIpc) is 3.26. The highest BCUT2D eigenvalue weighted by molar-refractivity contribution is 6.33. The minimum Gasteiger partial charge on any atom is -0.337 e. The van der Waals surface area contributed by atoms with Crippen LogP contribution in [-0.2, 0) is 4.79 Å². The first-order valence-corrected chi connectivity index (χ1v) is 10.0. The largest absolute Gasteiger partial charge is 0.337 e. The van der Waals surface area contributed by atoms with Crippen LogP contribution >= 0.6 is 11.6 Å². The van der Waals surface area contributed by atoms with Crippen LogP contribution in [0.4, 0.5) is 10.1 Å². The lowest BCUT2D eigenvalue weighted by Crippen LogP contribution is -2.42. The Morgan fingerprint density at radius 1 is 1.13 bits per heavy atom. The number of nitrogens with zero attached hydrogens (tertiary/aromatic N) is 3. The van der Waals surface area contributed by atoms with Crippen molar-refractivity contribution in [3.05, 3.63) is 77.6 Å². The summed E-state index contributed by atoms with van der Waals surface area (Å²) in [6.07, 6.45) is 6.31. The molecule has 2 aromatic heterocycles. The molecule has 30 heavy (non-hydrogen) atoms. The zero-order valence-electron chi connectivity index (χ0n) is 16.1. The fourth-order valence-electron chi connectivity index (χ4n) is 3.61. The molecule has 0 radical (unpaired) electrons. The van der Waals surface area contributed by atoms with Gasteiger partial charge in [0, 0.05) is 31.4 Å². The molecule has 3 heterocycles. The van der Waals surface area contributed by atoms with E-state index < -0.39 is 5.82 Å². The average molecular weight is 427 g/mol. The van der Waals surface area contributed by atoms with E-state index in [9.17, 15) is 14.0 Å². The zero-order chi connectivity index (χ0) is 21.1. The predicted molar refractivity (Wildman–Crippen MR) is 112 cm³/mol. The molecule has 1 N–H and O–H groups in total. The number of carbonyl (C=O) groups is 2. The number of halogens is 2. The number of carbonyl (C=O) groups excluding carboxylic acids is 2. The Morgan fingerprint density at radius 3 is 2.63 bits per heavy atom. The fourth-order valence-corrected chi connectivity index (χ4v) is 3.82. The van der Waals surface area contributed by atoms with Gasteiger partial charge >= 0.3 is 0 Å². The molecule has 3 aromatic rings. The normalized spacial score (nSPS) is 14.5. The van der Waals surface area contributed by atoms with E-state index in [0.717, 1.165) is 11.8 Å². The van der Waals surface area contributed by atoms with Crippen LogP contribution < -0.4 is 5.32 Å². The van der Waals surface area contributed by atoms with Crippen molar-refractivity contribution < 1.29 is 14.0 Å². The summed E-state index contributed by atoms with van der Waals surface area (Å²) in [5.41, 5.74) is 1.76. The molecule has 1 aromatic carbocycles. The van der Waals surface area contributed by atoms with Crippen molar-refractivity contribution in [1.29, 1.82) is 0 Å². The fraction of sp³-hybridized carbons (Fsp3) is 0.227. The summed E-state index contributed by atoms with van der Waals surface area (Å²) in [6.45, 7) is 0.957. The van der Waals surface area contributed by atoms with Crippen LogP contribution in [0, 0.1) is 11.7 Å². The summed E-state index contributed by atoms with van der Waals surface area (Å²) in [7, 11) is 0. The highest BCUT2D eigenvalue weighted by atomic mass is 35.5. The first kappa shape index (κ1) is 20.1. The number of hydrogen-bond donors (Lipinski definition) is 1. The van der Waals surface area contributed by atoms with Crippen LogP contribution in [-0.4, -0.2) is 39.4 Å². The number of aromatic nitrogens is 2. The Bertz CT molecular complexity index is 1060. The Labute approximate surface area is 178 Å². The number of benzene rings is 1. The van der Waals surface area contributed by atoms with E-state index >= 15 is 0 Å². The molecule has 0 spiro atoms. The first-order chi connectivity index (χ1) is 14.5. The summed E-state index contributed by atoms with van der Waals surface area (Å²) in [5, 5.41) is 2.92. The predicted octanol–water partition coefficient (Wildman–Crippen LogP) is 4.16. The van der Waals surface area contributed by atoms with E-state index in [2.05, 4.69) is 10.3 Å². The van der Waals surface area contributed by atoms with E-state index in [4.69, 9.17) is 11.6 Å². The van der Waals surface area contributed by atoms with Gasteiger partial charge in [-0.1, -0.05) is 11.6 Å². The van der Waals surface area contributed by atoms with Gasteiger partial charge in [-0.05, 0) is 55.3 Å². The maximum absolute atomic E-state index is 13.2. The summed E-state index contributed by atoms with van der Waals surface area (Å²) in [6, 6.07) is 11.2. The monoisotopic (exact) mass is 426 g/mol. The van der Waals surface area contributed by atoms with Gasteiger partial charge in [0.1, 0.15) is 11.5 Å². The lowest BCUT2D eigenvalue weighted by Gasteiger charge is -2.31. The minimum absolute atomic E-state index is 0.0794. The lowest BCUT2D eigenvalue weighted by atomic mass is 9.95. The van der Waals surface area contributed by atoms with Crippen molar-refractivity contribution in [3.8, 4) is 5.69 Å². The number of anilines is 1. The second kappa shape index (κ2) is 8.67. The smallest absolute Gasteiger partial charge is 0.270 e. The molecular formula is C22H20ClFN4O2. The van der Waals surface area contributed by atoms with Gasteiger partial charge in [0.2, 0.25) is 5.91 Å². The van der Waals surface area contributed by atoms with Crippen molar-refractivity contribution in [3.63, 3.8) is 0 Å². The third-order valence-corrected chi connectivity index (χ3v) is 5.55. The van der Waals surface area contributed by atoms with E-state index in [1.54, 1.807) is 23.4 Å². The Hall–Kier alpha value is -3.19. The van der Waals surface area contributed by atoms with Crippen LogP contribution in [0.5, 0.6) is 0 Å². The molecule has 1 aliphatic heterocycles. The molecule has 2 amide bonds. The molecule has 0 saturated carbocycles. The van der Waals surface area contributed by atoms with Crippen molar-refractivity contribution >= 4 is 29.1 Å². The highest BCUT2D eigenvalue weighted by Crippen LogP contribution is 2.26. The van der Waals surface area contributed by atoms with E-state index in [1.807, 2.05) is 29.0 Å². The van der Waals surface area contributed by atoms with Crippen molar-refractivity contribution in [2.45, 2.75) is 12.8 Å². The maximum atomic E-state index is 13.2. The summed E-state index contributed by atoms with van der Waals surface area (Å²) in [4.78, 5) is 31.5. The Morgan fingerprint density at radius 2 is 1.93 bits per heavy atom. The van der Waals surface area contributed by atoms with Gasteiger partial charge in [0.15, 0.2) is 0 Å². The quantitative estimate of drug-likeness (QED) is 0.681. The van der Waals surface area contributed by atoms with Gasteiger partial charge in [-0.15, -0.1) is 0 Å². The van der Waals surface area contributed by atoms with Crippen molar-refractivity contribution in [1.82, 2.24) is 14.5 Å². The minimum atomic E-state index is -0.458. The van der Waals surface area contributed by atoms with Crippen molar-refractivity contribution in [2.75, 3.05) is 18.4 Å². The topological polar surface area (TPSA) is 67.2 Å². The number of likely N-dealkylation sites (tertiary alicyclic amines) is 1. The van der Waals surface area contributed by atoms with Crippen LogP contribution in [0.3, 0.4) is 0 Å². The number of pyridine rings is 1. The van der Waals surface area contributed by atoms with Gasteiger partial charge in [-0.3, -0.25) is 14.6 Å². The molecule has 8 heteroatoms. The third-order valence-electron chi connectivity index (χ3n) is 5.23. The van der Waals surface area contributed by atoms with E-state index in [-0.39, 0.29) is 22.8 Å². The van der Waals surface area contributed by atoms with E-state index in [1.165, 1.54) is 12.1 Å². The van der Waals surface area contributed by atoms with Crippen LogP contribution in [0.25, 0.3) is 5.69 Å². The molecule has 0 aliphatic carbocycles. The molecule has 1 fully saturated rings. The Kier molecular flexibility index (Phi) is 5.81. The van der Waals surface area contributed by atoms with Gasteiger partial charge < -0.3 is 14.8 Å². The summed E-state index contributed by atoms with van der Waals surface area (Å²) >= 11 is 5.99. The molecule has 1 aliphatic rings. The third kappa shape index (κ3) is 4.21. The number of rotatable bonds is 4. The van der Waals surface area contributed by atoms with Crippen LogP contribution in [0.2, 0.25) is 5.02 Å². The van der Waals surface area contributed by atoms with E-state index in [0.29, 0.717) is 37.3 Å². The molecule has 1 saturated heterocycles. The number of amides is 2. The van der Waals surface area contributed by atoms with Gasteiger partial charge in [0.05, 0.1) is 22.6 Å².